The van der Waals surface area contributed by atoms with Crippen LogP contribution in [0.15, 0.2) is 30.3 Å². The van der Waals surface area contributed by atoms with Gasteiger partial charge in [-0.05, 0) is 50.1 Å². The predicted octanol–water partition coefficient (Wildman–Crippen LogP) is 4.53. The van der Waals surface area contributed by atoms with Gasteiger partial charge in [-0.2, -0.15) is 0 Å². The van der Waals surface area contributed by atoms with Gasteiger partial charge in [-0.25, -0.2) is 0 Å². The predicted molar refractivity (Wildman–Crippen MR) is 81.2 cm³/mol. The maximum absolute atomic E-state index is 3.49. The Balaban J connectivity index is 2.29. The first-order chi connectivity index (χ1) is 8.70. The van der Waals surface area contributed by atoms with Crippen LogP contribution in [-0.2, 0) is 6.54 Å². The summed E-state index contributed by atoms with van der Waals surface area (Å²) < 4.78 is 0. The third kappa shape index (κ3) is 3.21. The van der Waals surface area contributed by atoms with Crippen molar-refractivity contribution in [2.75, 3.05) is 6.54 Å². The van der Waals surface area contributed by atoms with Gasteiger partial charge in [0.1, 0.15) is 0 Å². The normalized spacial score (nSPS) is 10.8. The van der Waals surface area contributed by atoms with E-state index in [1.165, 1.54) is 32.9 Å². The lowest BCUT2D eigenvalue weighted by atomic mass is 10.0. The molecule has 2 heteroatoms. The van der Waals surface area contributed by atoms with E-state index in [1.54, 1.807) is 0 Å². The molecular weight excluding hydrogens is 238 g/mol. The standard InChI is InChI=1S/C16H21NS/c1-4-9-17-11-14-7-5-12(2)10-15(14)16-8-6-13(3)18-16/h5-8,10,17H,4,9,11H2,1-3H3. The highest BCUT2D eigenvalue weighted by atomic mass is 32.1. The Hall–Kier alpha value is -1.12. The molecule has 0 saturated carbocycles. The van der Waals surface area contributed by atoms with Gasteiger partial charge >= 0.3 is 0 Å². The lowest BCUT2D eigenvalue weighted by Gasteiger charge is -2.10. The summed E-state index contributed by atoms with van der Waals surface area (Å²) in [6.07, 6.45) is 1.18. The molecule has 0 aliphatic heterocycles. The lowest BCUT2D eigenvalue weighted by molar-refractivity contribution is 0.676. The van der Waals surface area contributed by atoms with Crippen LogP contribution in [0.2, 0.25) is 0 Å². The molecule has 0 spiro atoms. The van der Waals surface area contributed by atoms with E-state index in [0.29, 0.717) is 0 Å². The highest BCUT2D eigenvalue weighted by molar-refractivity contribution is 7.15. The summed E-state index contributed by atoms with van der Waals surface area (Å²) in [6.45, 7) is 8.56. The zero-order chi connectivity index (χ0) is 13.0. The minimum atomic E-state index is 0.959. The van der Waals surface area contributed by atoms with Gasteiger partial charge in [-0.1, -0.05) is 30.7 Å². The average Bonchev–Trinajstić information content (AvgIpc) is 2.78. The number of nitrogens with one attached hydrogen (secondary N) is 1. The molecule has 0 aliphatic carbocycles. The molecule has 1 aromatic carbocycles. The average molecular weight is 259 g/mol. The van der Waals surface area contributed by atoms with E-state index in [9.17, 15) is 0 Å². The van der Waals surface area contributed by atoms with E-state index in [0.717, 1.165) is 13.1 Å². The summed E-state index contributed by atoms with van der Waals surface area (Å²) in [5, 5.41) is 3.49. The van der Waals surface area contributed by atoms with Crippen LogP contribution in [0.25, 0.3) is 10.4 Å². The van der Waals surface area contributed by atoms with Gasteiger partial charge in [-0.15, -0.1) is 11.3 Å². The first-order valence-corrected chi connectivity index (χ1v) is 7.39. The first kappa shape index (κ1) is 13.3. The Labute approximate surface area is 114 Å². The minimum Gasteiger partial charge on any atom is -0.313 e. The quantitative estimate of drug-likeness (QED) is 0.778. The van der Waals surface area contributed by atoms with Gasteiger partial charge in [0.25, 0.3) is 0 Å². The number of hydrogen-bond acceptors (Lipinski definition) is 2. The zero-order valence-electron chi connectivity index (χ0n) is 11.4. The number of benzene rings is 1. The lowest BCUT2D eigenvalue weighted by Crippen LogP contribution is -2.14. The van der Waals surface area contributed by atoms with E-state index in [1.807, 2.05) is 11.3 Å². The molecule has 0 amide bonds. The van der Waals surface area contributed by atoms with Crippen LogP contribution >= 0.6 is 11.3 Å². The van der Waals surface area contributed by atoms with Gasteiger partial charge < -0.3 is 5.32 Å². The third-order valence-corrected chi connectivity index (χ3v) is 4.05. The van der Waals surface area contributed by atoms with Crippen LogP contribution in [0, 0.1) is 13.8 Å². The summed E-state index contributed by atoms with van der Waals surface area (Å²) >= 11 is 1.88. The number of thiophene rings is 1. The zero-order valence-corrected chi connectivity index (χ0v) is 12.2. The minimum absolute atomic E-state index is 0.959. The number of rotatable bonds is 5. The van der Waals surface area contributed by atoms with Crippen molar-refractivity contribution in [1.29, 1.82) is 0 Å². The number of hydrogen-bond donors (Lipinski definition) is 1. The molecule has 96 valence electrons. The van der Waals surface area contributed by atoms with Gasteiger partial charge in [0.2, 0.25) is 0 Å². The Kier molecular flexibility index (Phi) is 4.56. The molecule has 0 atom stereocenters. The fraction of sp³-hybridized carbons (Fsp3) is 0.375. The summed E-state index contributed by atoms with van der Waals surface area (Å²) in [5.74, 6) is 0. The monoisotopic (exact) mass is 259 g/mol. The molecule has 1 nitrogen and oxygen atoms in total. The smallest absolute Gasteiger partial charge is 0.0348 e. The molecule has 0 aliphatic rings. The van der Waals surface area contributed by atoms with E-state index in [2.05, 4.69) is 56.4 Å². The van der Waals surface area contributed by atoms with Gasteiger partial charge in [-0.3, -0.25) is 0 Å². The fourth-order valence-electron chi connectivity index (χ4n) is 2.05. The van der Waals surface area contributed by atoms with Crippen LogP contribution in [0.3, 0.4) is 0 Å². The summed E-state index contributed by atoms with van der Waals surface area (Å²) in [4.78, 5) is 2.75. The molecule has 0 bridgehead atoms. The van der Waals surface area contributed by atoms with Crippen molar-refractivity contribution >= 4 is 11.3 Å². The molecule has 0 saturated heterocycles. The van der Waals surface area contributed by atoms with E-state index in [4.69, 9.17) is 0 Å². The van der Waals surface area contributed by atoms with Crippen molar-refractivity contribution in [2.45, 2.75) is 33.7 Å². The maximum Gasteiger partial charge on any atom is 0.0348 e. The Morgan fingerprint density at radius 3 is 2.61 bits per heavy atom. The fourth-order valence-corrected chi connectivity index (χ4v) is 2.97. The third-order valence-electron chi connectivity index (χ3n) is 3.01. The van der Waals surface area contributed by atoms with Crippen molar-refractivity contribution in [1.82, 2.24) is 5.32 Å². The molecule has 2 rings (SSSR count). The van der Waals surface area contributed by atoms with Crippen LogP contribution in [0.1, 0.15) is 29.3 Å². The molecule has 18 heavy (non-hydrogen) atoms. The van der Waals surface area contributed by atoms with Gasteiger partial charge in [0.05, 0.1) is 0 Å². The van der Waals surface area contributed by atoms with Gasteiger partial charge in [0.15, 0.2) is 0 Å². The van der Waals surface area contributed by atoms with Crippen molar-refractivity contribution in [3.05, 3.63) is 46.3 Å². The largest absolute Gasteiger partial charge is 0.313 e. The van der Waals surface area contributed by atoms with Crippen molar-refractivity contribution in [2.24, 2.45) is 0 Å². The van der Waals surface area contributed by atoms with Crippen LogP contribution < -0.4 is 5.32 Å². The van der Waals surface area contributed by atoms with E-state index >= 15 is 0 Å². The molecule has 0 radical (unpaired) electrons. The topological polar surface area (TPSA) is 12.0 Å². The molecule has 0 unspecified atom stereocenters. The first-order valence-electron chi connectivity index (χ1n) is 6.57. The Morgan fingerprint density at radius 2 is 1.94 bits per heavy atom. The highest BCUT2D eigenvalue weighted by Crippen LogP contribution is 2.31. The second-order valence-electron chi connectivity index (χ2n) is 4.75. The van der Waals surface area contributed by atoms with Crippen molar-refractivity contribution in [3.63, 3.8) is 0 Å². The van der Waals surface area contributed by atoms with Crippen molar-refractivity contribution < 1.29 is 0 Å². The van der Waals surface area contributed by atoms with Gasteiger partial charge in [0, 0.05) is 16.3 Å². The van der Waals surface area contributed by atoms with Crippen LogP contribution in [0.5, 0.6) is 0 Å². The maximum atomic E-state index is 3.49. The summed E-state index contributed by atoms with van der Waals surface area (Å²) in [7, 11) is 0. The van der Waals surface area contributed by atoms with E-state index in [-0.39, 0.29) is 0 Å². The molecule has 1 aromatic heterocycles. The molecule has 2 aromatic rings. The Morgan fingerprint density at radius 1 is 1.11 bits per heavy atom. The van der Waals surface area contributed by atoms with Crippen LogP contribution in [0.4, 0.5) is 0 Å². The summed E-state index contributed by atoms with van der Waals surface area (Å²) in [6, 6.07) is 11.2. The highest BCUT2D eigenvalue weighted by Gasteiger charge is 2.07. The second kappa shape index (κ2) is 6.17. The second-order valence-corrected chi connectivity index (χ2v) is 6.04. The number of aryl methyl sites for hydroxylation is 2. The summed E-state index contributed by atoms with van der Waals surface area (Å²) in [5.41, 5.74) is 4.11. The van der Waals surface area contributed by atoms with Crippen LogP contribution in [-0.4, -0.2) is 6.54 Å². The Bertz CT molecular complexity index is 514. The van der Waals surface area contributed by atoms with Crippen molar-refractivity contribution in [3.8, 4) is 10.4 Å². The van der Waals surface area contributed by atoms with E-state index < -0.39 is 0 Å². The molecular formula is C16H21NS. The molecule has 0 fully saturated rings. The molecule has 1 N–H and O–H groups in total. The molecule has 1 heterocycles. The SMILES string of the molecule is CCCNCc1ccc(C)cc1-c1ccc(C)s1.